The van der Waals surface area contributed by atoms with Crippen LogP contribution in [0.25, 0.3) is 10.9 Å². The van der Waals surface area contributed by atoms with E-state index in [4.69, 9.17) is 4.74 Å². The summed E-state index contributed by atoms with van der Waals surface area (Å²) >= 11 is 0. The van der Waals surface area contributed by atoms with Crippen LogP contribution in [0, 0.1) is 6.92 Å². The van der Waals surface area contributed by atoms with E-state index in [1.54, 1.807) is 0 Å². The molecule has 2 N–H and O–H groups in total. The summed E-state index contributed by atoms with van der Waals surface area (Å²) in [5, 5.41) is 11.7. The largest absolute Gasteiger partial charge is 0.372 e. The highest BCUT2D eigenvalue weighted by atomic mass is 16.5. The molecule has 130 valence electrons. The average Bonchev–Trinajstić information content (AvgIpc) is 3.03. The maximum atomic E-state index is 5.84. The molecule has 4 rings (SSSR count). The summed E-state index contributed by atoms with van der Waals surface area (Å²) in [7, 11) is 0. The van der Waals surface area contributed by atoms with Crippen LogP contribution < -0.4 is 10.2 Å². The Morgan fingerprint density at radius 3 is 2.68 bits per heavy atom. The van der Waals surface area contributed by atoms with Gasteiger partial charge in [0.1, 0.15) is 0 Å². The molecule has 5 nitrogen and oxygen atoms in total. The van der Waals surface area contributed by atoms with E-state index in [9.17, 15) is 0 Å². The number of aromatic amines is 1. The number of nitrogens with zero attached hydrogens (tertiary/aromatic N) is 2. The van der Waals surface area contributed by atoms with Gasteiger partial charge in [-0.3, -0.25) is 5.10 Å². The lowest BCUT2D eigenvalue weighted by molar-refractivity contribution is -0.00521. The summed E-state index contributed by atoms with van der Waals surface area (Å²) < 4.78 is 5.84. The fraction of sp³-hybridized carbons (Fsp3) is 0.350. The van der Waals surface area contributed by atoms with E-state index in [1.807, 2.05) is 12.3 Å². The van der Waals surface area contributed by atoms with Gasteiger partial charge in [-0.1, -0.05) is 0 Å². The van der Waals surface area contributed by atoms with Crippen molar-refractivity contribution < 1.29 is 4.74 Å². The first-order valence-corrected chi connectivity index (χ1v) is 8.80. The molecule has 1 aromatic heterocycles. The van der Waals surface area contributed by atoms with Gasteiger partial charge < -0.3 is 15.0 Å². The van der Waals surface area contributed by atoms with Crippen molar-refractivity contribution in [1.29, 1.82) is 0 Å². The van der Waals surface area contributed by atoms with Crippen LogP contribution in [0.3, 0.4) is 0 Å². The van der Waals surface area contributed by atoms with Gasteiger partial charge in [-0.05, 0) is 62.7 Å². The molecule has 0 spiro atoms. The second kappa shape index (κ2) is 6.41. The molecule has 2 unspecified atom stereocenters. The molecule has 0 saturated carbocycles. The molecule has 1 aliphatic heterocycles. The fourth-order valence-corrected chi connectivity index (χ4v) is 3.55. The number of hydrogen-bond donors (Lipinski definition) is 2. The first-order valence-electron chi connectivity index (χ1n) is 8.80. The number of H-pyrrole nitrogens is 1. The Morgan fingerprint density at radius 2 is 1.92 bits per heavy atom. The highest BCUT2D eigenvalue weighted by Gasteiger charge is 2.22. The van der Waals surface area contributed by atoms with Gasteiger partial charge in [-0.2, -0.15) is 5.10 Å². The Labute approximate surface area is 148 Å². The maximum absolute atomic E-state index is 5.84. The SMILES string of the molecule is Cc1cc(N2CC(C)OC(C)C2)ccc1Nc1ccc2[nH]ncc2c1. The Balaban J connectivity index is 1.55. The zero-order chi connectivity index (χ0) is 17.4. The number of rotatable bonds is 3. The molecule has 25 heavy (non-hydrogen) atoms. The van der Waals surface area contributed by atoms with Gasteiger partial charge >= 0.3 is 0 Å². The minimum atomic E-state index is 0.267. The molecule has 0 radical (unpaired) electrons. The molecule has 2 heterocycles. The molecule has 0 bridgehead atoms. The normalized spacial score (nSPS) is 20.8. The van der Waals surface area contributed by atoms with Gasteiger partial charge in [-0.25, -0.2) is 0 Å². The van der Waals surface area contributed by atoms with E-state index < -0.39 is 0 Å². The van der Waals surface area contributed by atoms with Crippen LogP contribution in [0.5, 0.6) is 0 Å². The van der Waals surface area contributed by atoms with Crippen LogP contribution in [0.15, 0.2) is 42.6 Å². The van der Waals surface area contributed by atoms with Crippen LogP contribution in [0.2, 0.25) is 0 Å². The number of aryl methyl sites for hydroxylation is 1. The average molecular weight is 336 g/mol. The Bertz CT molecular complexity index is 878. The molecular formula is C20H24N4O. The van der Waals surface area contributed by atoms with Gasteiger partial charge in [0.15, 0.2) is 0 Å². The number of benzene rings is 2. The van der Waals surface area contributed by atoms with Crippen LogP contribution >= 0.6 is 0 Å². The maximum Gasteiger partial charge on any atom is 0.0726 e. The summed E-state index contributed by atoms with van der Waals surface area (Å²) in [6.45, 7) is 8.30. The van der Waals surface area contributed by atoms with Crippen molar-refractivity contribution in [3.05, 3.63) is 48.2 Å². The molecule has 1 aliphatic rings. The van der Waals surface area contributed by atoms with Crippen molar-refractivity contribution in [2.45, 2.75) is 33.0 Å². The predicted molar refractivity (Wildman–Crippen MR) is 103 cm³/mol. The van der Waals surface area contributed by atoms with Crippen molar-refractivity contribution in [3.63, 3.8) is 0 Å². The Hall–Kier alpha value is -2.53. The third kappa shape index (κ3) is 3.33. The van der Waals surface area contributed by atoms with E-state index in [0.717, 1.165) is 35.4 Å². The molecule has 1 fully saturated rings. The standard InChI is InChI=1S/C20H24N4O/c1-13-8-18(24-11-14(2)25-15(3)12-24)5-7-19(13)22-17-4-6-20-16(9-17)10-21-23-20/h4-10,14-15,22H,11-12H2,1-3H3,(H,21,23). The molecule has 1 saturated heterocycles. The molecule has 2 aromatic carbocycles. The third-order valence-corrected chi connectivity index (χ3v) is 4.71. The van der Waals surface area contributed by atoms with Gasteiger partial charge in [0.2, 0.25) is 0 Å². The number of ether oxygens (including phenoxy) is 1. The number of nitrogens with one attached hydrogen (secondary N) is 2. The lowest BCUT2D eigenvalue weighted by Gasteiger charge is -2.37. The number of anilines is 3. The van der Waals surface area contributed by atoms with Crippen molar-refractivity contribution in [2.24, 2.45) is 0 Å². The molecule has 2 atom stereocenters. The van der Waals surface area contributed by atoms with Crippen molar-refractivity contribution in [2.75, 3.05) is 23.3 Å². The van der Waals surface area contributed by atoms with Crippen molar-refractivity contribution >= 4 is 28.0 Å². The van der Waals surface area contributed by atoms with E-state index in [2.05, 4.69) is 71.5 Å². The topological polar surface area (TPSA) is 53.2 Å². The van der Waals surface area contributed by atoms with Crippen molar-refractivity contribution in [1.82, 2.24) is 10.2 Å². The van der Waals surface area contributed by atoms with Crippen molar-refractivity contribution in [3.8, 4) is 0 Å². The molecule has 0 amide bonds. The number of hydrogen-bond acceptors (Lipinski definition) is 4. The summed E-state index contributed by atoms with van der Waals surface area (Å²) in [6.07, 6.45) is 2.38. The van der Waals surface area contributed by atoms with E-state index >= 15 is 0 Å². The predicted octanol–water partition coefficient (Wildman–Crippen LogP) is 4.23. The van der Waals surface area contributed by atoms with Crippen LogP contribution in [0.4, 0.5) is 17.1 Å². The van der Waals surface area contributed by atoms with Gasteiger partial charge in [0, 0.05) is 35.5 Å². The van der Waals surface area contributed by atoms with Gasteiger partial charge in [0.25, 0.3) is 0 Å². The Morgan fingerprint density at radius 1 is 1.12 bits per heavy atom. The van der Waals surface area contributed by atoms with Crippen LogP contribution in [-0.4, -0.2) is 35.5 Å². The highest BCUT2D eigenvalue weighted by molar-refractivity contribution is 5.83. The summed E-state index contributed by atoms with van der Waals surface area (Å²) in [6, 6.07) is 12.8. The lowest BCUT2D eigenvalue weighted by atomic mass is 10.1. The molecular weight excluding hydrogens is 312 g/mol. The van der Waals surface area contributed by atoms with Gasteiger partial charge in [-0.15, -0.1) is 0 Å². The second-order valence-corrected chi connectivity index (χ2v) is 6.96. The second-order valence-electron chi connectivity index (χ2n) is 6.96. The third-order valence-electron chi connectivity index (χ3n) is 4.71. The summed E-state index contributed by atoms with van der Waals surface area (Å²) in [5.74, 6) is 0. The van der Waals surface area contributed by atoms with E-state index in [0.29, 0.717) is 0 Å². The number of fused-ring (bicyclic) bond motifs is 1. The number of aromatic nitrogens is 2. The minimum absolute atomic E-state index is 0.267. The van der Waals surface area contributed by atoms with Crippen LogP contribution in [0.1, 0.15) is 19.4 Å². The highest BCUT2D eigenvalue weighted by Crippen LogP contribution is 2.28. The van der Waals surface area contributed by atoms with E-state index in [1.165, 1.54) is 11.3 Å². The first kappa shape index (κ1) is 16.0. The smallest absolute Gasteiger partial charge is 0.0726 e. The Kier molecular flexibility index (Phi) is 4.09. The van der Waals surface area contributed by atoms with Crippen LogP contribution in [-0.2, 0) is 4.74 Å². The molecule has 0 aliphatic carbocycles. The lowest BCUT2D eigenvalue weighted by Crippen LogP contribution is -2.45. The quantitative estimate of drug-likeness (QED) is 0.751. The fourth-order valence-electron chi connectivity index (χ4n) is 3.55. The summed E-state index contributed by atoms with van der Waals surface area (Å²) in [5.41, 5.74) is 5.74. The zero-order valence-electron chi connectivity index (χ0n) is 14.9. The number of morpholine rings is 1. The minimum Gasteiger partial charge on any atom is -0.372 e. The monoisotopic (exact) mass is 336 g/mol. The van der Waals surface area contributed by atoms with E-state index in [-0.39, 0.29) is 12.2 Å². The zero-order valence-corrected chi connectivity index (χ0v) is 14.9. The summed E-state index contributed by atoms with van der Waals surface area (Å²) in [4.78, 5) is 2.41. The molecule has 5 heteroatoms. The molecule has 3 aromatic rings. The van der Waals surface area contributed by atoms with Gasteiger partial charge in [0.05, 0.1) is 23.9 Å². The first-order chi connectivity index (χ1) is 12.1.